The topological polar surface area (TPSA) is 41.6 Å². The molecule has 0 spiro atoms. The molecule has 1 aliphatic heterocycles. The fourth-order valence-electron chi connectivity index (χ4n) is 2.93. The van der Waals surface area contributed by atoms with Crippen LogP contribution in [0.5, 0.6) is 0 Å². The Hall–Kier alpha value is -1.39. The van der Waals surface area contributed by atoms with E-state index in [9.17, 15) is 4.79 Å². The average Bonchev–Trinajstić information content (AvgIpc) is 2.49. The van der Waals surface area contributed by atoms with E-state index in [-0.39, 0.29) is 12.0 Å². The van der Waals surface area contributed by atoms with Crippen LogP contribution >= 0.6 is 0 Å². The minimum atomic E-state index is -0.363. The number of esters is 1. The van der Waals surface area contributed by atoms with Crippen molar-refractivity contribution in [3.63, 3.8) is 0 Å². The lowest BCUT2D eigenvalue weighted by Gasteiger charge is -2.30. The van der Waals surface area contributed by atoms with Crippen LogP contribution in [-0.4, -0.2) is 44.2 Å². The van der Waals surface area contributed by atoms with Crippen LogP contribution in [0.15, 0.2) is 30.3 Å². The molecule has 2 rings (SSSR count). The first-order valence-electron chi connectivity index (χ1n) is 7.84. The summed E-state index contributed by atoms with van der Waals surface area (Å²) in [7, 11) is 2.16. The standard InChI is InChI=1S/C17H26N2O2/c1-3-21-17(20)16(15-9-5-4-6-10-15)18-12-14-8-7-11-19(2)13-14/h4-6,9-10,14,16,18H,3,7-8,11-13H2,1-2H3. The van der Waals surface area contributed by atoms with Gasteiger partial charge in [0.25, 0.3) is 0 Å². The zero-order valence-corrected chi connectivity index (χ0v) is 13.0. The van der Waals surface area contributed by atoms with Gasteiger partial charge in [-0.2, -0.15) is 0 Å². The van der Waals surface area contributed by atoms with Gasteiger partial charge in [0.15, 0.2) is 0 Å². The lowest BCUT2D eigenvalue weighted by atomic mass is 9.97. The number of nitrogens with one attached hydrogen (secondary N) is 1. The van der Waals surface area contributed by atoms with Crippen LogP contribution in [0.4, 0.5) is 0 Å². The number of hydrogen-bond donors (Lipinski definition) is 1. The summed E-state index contributed by atoms with van der Waals surface area (Å²) in [6.07, 6.45) is 2.46. The monoisotopic (exact) mass is 290 g/mol. The lowest BCUT2D eigenvalue weighted by Crippen LogP contribution is -2.40. The highest BCUT2D eigenvalue weighted by molar-refractivity contribution is 5.77. The molecule has 116 valence electrons. The van der Waals surface area contributed by atoms with Crippen molar-refractivity contribution in [1.29, 1.82) is 0 Å². The maximum atomic E-state index is 12.2. The Balaban J connectivity index is 1.97. The van der Waals surface area contributed by atoms with E-state index in [1.165, 1.54) is 19.4 Å². The van der Waals surface area contributed by atoms with Crippen molar-refractivity contribution in [2.24, 2.45) is 5.92 Å². The highest BCUT2D eigenvalue weighted by atomic mass is 16.5. The van der Waals surface area contributed by atoms with Crippen molar-refractivity contribution in [3.8, 4) is 0 Å². The van der Waals surface area contributed by atoms with Crippen molar-refractivity contribution in [2.75, 3.05) is 33.3 Å². The van der Waals surface area contributed by atoms with Crippen LogP contribution in [0, 0.1) is 5.92 Å². The molecular weight excluding hydrogens is 264 g/mol. The minimum absolute atomic E-state index is 0.187. The van der Waals surface area contributed by atoms with Crippen molar-refractivity contribution >= 4 is 5.97 Å². The molecule has 1 N–H and O–H groups in total. The number of likely N-dealkylation sites (tertiary alicyclic amines) is 1. The molecule has 0 bridgehead atoms. The van der Waals surface area contributed by atoms with Gasteiger partial charge >= 0.3 is 5.97 Å². The number of hydrogen-bond acceptors (Lipinski definition) is 4. The number of carbonyl (C=O) groups is 1. The van der Waals surface area contributed by atoms with Crippen molar-refractivity contribution in [1.82, 2.24) is 10.2 Å². The Morgan fingerprint density at radius 2 is 2.19 bits per heavy atom. The SMILES string of the molecule is CCOC(=O)C(NCC1CCCN(C)C1)c1ccccc1. The molecule has 2 unspecified atom stereocenters. The number of rotatable bonds is 6. The quantitative estimate of drug-likeness (QED) is 0.816. The Labute approximate surface area is 127 Å². The first-order chi connectivity index (χ1) is 10.2. The second-order valence-electron chi connectivity index (χ2n) is 5.77. The molecule has 1 aromatic rings. The van der Waals surface area contributed by atoms with E-state index >= 15 is 0 Å². The molecule has 4 nitrogen and oxygen atoms in total. The molecule has 2 atom stereocenters. The summed E-state index contributed by atoms with van der Waals surface area (Å²) >= 11 is 0. The molecule has 0 radical (unpaired) electrons. The molecule has 1 aromatic carbocycles. The summed E-state index contributed by atoms with van der Waals surface area (Å²) in [5, 5.41) is 3.41. The Bertz CT molecular complexity index is 436. The smallest absolute Gasteiger partial charge is 0.327 e. The van der Waals surface area contributed by atoms with Gasteiger partial charge in [-0.3, -0.25) is 0 Å². The van der Waals surface area contributed by atoms with E-state index in [4.69, 9.17) is 4.74 Å². The van der Waals surface area contributed by atoms with Crippen molar-refractivity contribution < 1.29 is 9.53 Å². The highest BCUT2D eigenvalue weighted by Crippen LogP contribution is 2.18. The molecular formula is C17H26N2O2. The van der Waals surface area contributed by atoms with Crippen molar-refractivity contribution in [3.05, 3.63) is 35.9 Å². The number of ether oxygens (including phenoxy) is 1. The van der Waals surface area contributed by atoms with Gasteiger partial charge < -0.3 is 15.0 Å². The van der Waals surface area contributed by atoms with Gasteiger partial charge in [0.1, 0.15) is 6.04 Å². The van der Waals surface area contributed by atoms with Crippen LogP contribution in [0.1, 0.15) is 31.4 Å². The van der Waals surface area contributed by atoms with Gasteiger partial charge in [-0.1, -0.05) is 30.3 Å². The molecule has 1 heterocycles. The molecule has 0 aromatic heterocycles. The van der Waals surface area contributed by atoms with Crippen molar-refractivity contribution in [2.45, 2.75) is 25.8 Å². The van der Waals surface area contributed by atoms with E-state index in [1.807, 2.05) is 37.3 Å². The lowest BCUT2D eigenvalue weighted by molar-refractivity contribution is -0.145. The molecule has 1 saturated heterocycles. The van der Waals surface area contributed by atoms with Crippen LogP contribution in [0.2, 0.25) is 0 Å². The molecule has 1 aliphatic rings. The molecule has 21 heavy (non-hydrogen) atoms. The van der Waals surface area contributed by atoms with Gasteiger partial charge in [0.05, 0.1) is 6.61 Å². The number of piperidine rings is 1. The summed E-state index contributed by atoms with van der Waals surface area (Å²) in [6.45, 7) is 5.38. The Morgan fingerprint density at radius 3 is 2.86 bits per heavy atom. The third-order valence-corrected chi connectivity index (χ3v) is 3.99. The summed E-state index contributed by atoms with van der Waals surface area (Å²) < 4.78 is 5.21. The van der Waals surface area contributed by atoms with Gasteiger partial charge in [0, 0.05) is 13.1 Å². The molecule has 0 amide bonds. The second-order valence-corrected chi connectivity index (χ2v) is 5.77. The van der Waals surface area contributed by atoms with Gasteiger partial charge in [-0.15, -0.1) is 0 Å². The zero-order valence-electron chi connectivity index (χ0n) is 13.0. The van der Waals surface area contributed by atoms with Crippen LogP contribution in [-0.2, 0) is 9.53 Å². The predicted octanol–water partition coefficient (Wildman–Crippen LogP) is 2.22. The maximum absolute atomic E-state index is 12.2. The fourth-order valence-corrected chi connectivity index (χ4v) is 2.93. The first kappa shape index (κ1) is 16.0. The largest absolute Gasteiger partial charge is 0.465 e. The van der Waals surface area contributed by atoms with Crippen LogP contribution in [0.25, 0.3) is 0 Å². The third-order valence-electron chi connectivity index (χ3n) is 3.99. The molecule has 1 fully saturated rings. The van der Waals surface area contributed by atoms with Gasteiger partial charge in [-0.05, 0) is 44.8 Å². The minimum Gasteiger partial charge on any atom is -0.465 e. The normalized spacial score (nSPS) is 21.0. The zero-order chi connectivity index (χ0) is 15.1. The van der Waals surface area contributed by atoms with Gasteiger partial charge in [0.2, 0.25) is 0 Å². The Morgan fingerprint density at radius 1 is 1.43 bits per heavy atom. The number of nitrogens with zero attached hydrogens (tertiary/aromatic N) is 1. The highest BCUT2D eigenvalue weighted by Gasteiger charge is 2.24. The summed E-state index contributed by atoms with van der Waals surface area (Å²) in [5.74, 6) is 0.414. The van der Waals surface area contributed by atoms with E-state index < -0.39 is 0 Å². The Kier molecular flexibility index (Phi) is 6.21. The summed E-state index contributed by atoms with van der Waals surface area (Å²) in [6, 6.07) is 9.46. The summed E-state index contributed by atoms with van der Waals surface area (Å²) in [5.41, 5.74) is 0.972. The second kappa shape index (κ2) is 8.15. The molecule has 0 saturated carbocycles. The third kappa shape index (κ3) is 4.83. The van der Waals surface area contributed by atoms with E-state index in [0.717, 1.165) is 18.7 Å². The van der Waals surface area contributed by atoms with E-state index in [2.05, 4.69) is 17.3 Å². The number of benzene rings is 1. The van der Waals surface area contributed by atoms with Crippen LogP contribution < -0.4 is 5.32 Å². The maximum Gasteiger partial charge on any atom is 0.327 e. The predicted molar refractivity (Wildman–Crippen MR) is 84.0 cm³/mol. The van der Waals surface area contributed by atoms with E-state index in [0.29, 0.717) is 12.5 Å². The molecule has 0 aliphatic carbocycles. The summed E-state index contributed by atoms with van der Waals surface area (Å²) in [4.78, 5) is 14.5. The number of carbonyl (C=O) groups excluding carboxylic acids is 1. The fraction of sp³-hybridized carbons (Fsp3) is 0.588. The van der Waals surface area contributed by atoms with E-state index in [1.54, 1.807) is 0 Å². The molecule has 4 heteroatoms. The van der Waals surface area contributed by atoms with Crippen LogP contribution in [0.3, 0.4) is 0 Å². The average molecular weight is 290 g/mol. The first-order valence-corrected chi connectivity index (χ1v) is 7.84. The van der Waals surface area contributed by atoms with Gasteiger partial charge in [-0.25, -0.2) is 4.79 Å².